The SMILES string of the molecule is O=C(C(=O)N(Cc1cccc2ccccc12)S(=O)(=O)C(F)(F)F)N(Cc1cccc2ccccc12)S(=O)(=O)C(F)(F)F. The Balaban J connectivity index is 1.86. The average molecular weight is 633 g/mol. The molecule has 2 amide bonds. The van der Waals surface area contributed by atoms with E-state index in [1.807, 2.05) is 0 Å². The van der Waals surface area contributed by atoms with Crippen LogP contribution in [0.5, 0.6) is 0 Å². The lowest BCUT2D eigenvalue weighted by atomic mass is 10.0. The summed E-state index contributed by atoms with van der Waals surface area (Å²) in [4.78, 5) is 26.3. The summed E-state index contributed by atoms with van der Waals surface area (Å²) in [5.74, 6) is -5.32. The fraction of sp³-hybridized carbons (Fsp3) is 0.154. The van der Waals surface area contributed by atoms with Crippen molar-refractivity contribution in [3.63, 3.8) is 0 Å². The van der Waals surface area contributed by atoms with Crippen molar-refractivity contribution in [3.05, 3.63) is 96.1 Å². The van der Waals surface area contributed by atoms with Crippen LogP contribution in [0.2, 0.25) is 0 Å². The van der Waals surface area contributed by atoms with E-state index in [-0.39, 0.29) is 21.9 Å². The largest absolute Gasteiger partial charge is 0.516 e. The first-order valence-corrected chi connectivity index (χ1v) is 14.5. The van der Waals surface area contributed by atoms with Gasteiger partial charge in [0.15, 0.2) is 0 Å². The minimum absolute atomic E-state index is 0.165. The molecule has 0 saturated heterocycles. The molecule has 0 aromatic heterocycles. The quantitative estimate of drug-likeness (QED) is 0.218. The number of rotatable bonds is 6. The summed E-state index contributed by atoms with van der Waals surface area (Å²) in [5.41, 5.74) is -12.8. The molecule has 4 aromatic carbocycles. The fourth-order valence-electron chi connectivity index (χ4n) is 4.17. The van der Waals surface area contributed by atoms with Crippen molar-refractivity contribution in [1.82, 2.24) is 8.61 Å². The van der Waals surface area contributed by atoms with Crippen LogP contribution in [0.15, 0.2) is 84.9 Å². The van der Waals surface area contributed by atoms with Gasteiger partial charge in [0.1, 0.15) is 0 Å². The van der Waals surface area contributed by atoms with Gasteiger partial charge in [0.2, 0.25) is 0 Å². The van der Waals surface area contributed by atoms with Gasteiger partial charge in [-0.1, -0.05) is 84.9 Å². The predicted molar refractivity (Wildman–Crippen MR) is 139 cm³/mol. The molecule has 0 bridgehead atoms. The number of sulfonamides is 2. The third kappa shape index (κ3) is 5.63. The molecule has 0 fully saturated rings. The Bertz CT molecular complexity index is 1760. The molecule has 4 aromatic rings. The van der Waals surface area contributed by atoms with E-state index < -0.39 is 64.6 Å². The summed E-state index contributed by atoms with van der Waals surface area (Å²) < 4.78 is 130. The van der Waals surface area contributed by atoms with Crippen molar-refractivity contribution in [1.29, 1.82) is 0 Å². The van der Waals surface area contributed by atoms with Crippen molar-refractivity contribution < 1.29 is 52.8 Å². The lowest BCUT2D eigenvalue weighted by Gasteiger charge is -2.28. The van der Waals surface area contributed by atoms with E-state index in [9.17, 15) is 52.8 Å². The van der Waals surface area contributed by atoms with Crippen LogP contribution in [0.25, 0.3) is 21.5 Å². The molecule has 0 aliphatic rings. The molecule has 0 aliphatic carbocycles. The Morgan fingerprint density at radius 2 is 0.833 bits per heavy atom. The highest BCUT2D eigenvalue weighted by molar-refractivity contribution is 7.91. The number of hydrogen-bond acceptors (Lipinski definition) is 6. The van der Waals surface area contributed by atoms with Gasteiger partial charge >= 0.3 is 42.9 Å². The Kier molecular flexibility index (Phi) is 7.99. The summed E-state index contributed by atoms with van der Waals surface area (Å²) >= 11 is 0. The van der Waals surface area contributed by atoms with E-state index in [1.54, 1.807) is 12.1 Å². The first-order valence-electron chi connectivity index (χ1n) is 11.7. The Labute approximate surface area is 234 Å². The van der Waals surface area contributed by atoms with Gasteiger partial charge in [-0.2, -0.15) is 43.2 Å². The monoisotopic (exact) mass is 632 g/mol. The van der Waals surface area contributed by atoms with Gasteiger partial charge in [-0.05, 0) is 32.7 Å². The molecule has 8 nitrogen and oxygen atoms in total. The molecule has 0 heterocycles. The molecule has 0 N–H and O–H groups in total. The van der Waals surface area contributed by atoms with E-state index in [2.05, 4.69) is 0 Å². The summed E-state index contributed by atoms with van der Waals surface area (Å²) in [5, 5.41) is 1.13. The second kappa shape index (κ2) is 10.9. The van der Waals surface area contributed by atoms with Crippen LogP contribution >= 0.6 is 0 Å². The van der Waals surface area contributed by atoms with Gasteiger partial charge in [0, 0.05) is 0 Å². The van der Waals surface area contributed by atoms with Gasteiger partial charge in [-0.15, -0.1) is 0 Å². The highest BCUT2D eigenvalue weighted by atomic mass is 32.2. The van der Waals surface area contributed by atoms with Crippen LogP contribution in [-0.4, -0.2) is 48.3 Å². The topological polar surface area (TPSA) is 109 Å². The number of halogens is 6. The minimum Gasteiger partial charge on any atom is -0.262 e. The summed E-state index contributed by atoms with van der Waals surface area (Å²) in [7, 11) is -13.4. The Morgan fingerprint density at radius 1 is 0.524 bits per heavy atom. The van der Waals surface area contributed by atoms with Gasteiger partial charge in [0.25, 0.3) is 0 Å². The normalized spacial score (nSPS) is 12.8. The Hall–Kier alpha value is -4.18. The van der Waals surface area contributed by atoms with Crippen LogP contribution < -0.4 is 0 Å². The fourth-order valence-corrected chi connectivity index (χ4v) is 5.88. The van der Waals surface area contributed by atoms with E-state index in [0.717, 1.165) is 12.1 Å². The Morgan fingerprint density at radius 3 is 1.17 bits per heavy atom. The van der Waals surface area contributed by atoms with Crippen LogP contribution in [-0.2, 0) is 42.7 Å². The molecule has 0 aliphatic heterocycles. The predicted octanol–water partition coefficient (Wildman–Crippen LogP) is 5.05. The van der Waals surface area contributed by atoms with Crippen molar-refractivity contribution in [2.24, 2.45) is 0 Å². The maximum Gasteiger partial charge on any atom is 0.516 e. The summed E-state index contributed by atoms with van der Waals surface area (Å²) in [6.07, 6.45) is 0. The zero-order valence-corrected chi connectivity index (χ0v) is 22.6. The average Bonchev–Trinajstić information content (AvgIpc) is 2.92. The molecular weight excluding hydrogens is 614 g/mol. The van der Waals surface area contributed by atoms with Crippen molar-refractivity contribution >= 4 is 53.4 Å². The molecule has 0 spiro atoms. The van der Waals surface area contributed by atoms with Crippen molar-refractivity contribution in [2.45, 2.75) is 24.1 Å². The number of carbonyl (C=O) groups is 2. The maximum atomic E-state index is 13.7. The van der Waals surface area contributed by atoms with Gasteiger partial charge in [-0.25, -0.2) is 8.61 Å². The molecule has 222 valence electrons. The molecule has 16 heteroatoms. The van der Waals surface area contributed by atoms with Gasteiger partial charge in [0.05, 0.1) is 13.1 Å². The lowest BCUT2D eigenvalue weighted by molar-refractivity contribution is -0.147. The molecular formula is C26H18F6N2O6S2. The number of amides is 2. The van der Waals surface area contributed by atoms with Gasteiger partial charge < -0.3 is 0 Å². The standard InChI is InChI=1S/C26H18F6N2O6S2/c27-25(28,29)41(37,38)33(15-19-11-5-9-17-7-1-3-13-21(17)19)23(35)24(36)34(42(39,40)26(30,31)32)16-20-12-6-10-18-8-2-4-14-22(18)20/h1-14H,15-16H2. The third-order valence-corrected chi connectivity index (χ3v) is 9.11. The van der Waals surface area contributed by atoms with Crippen LogP contribution in [0, 0.1) is 0 Å². The van der Waals surface area contributed by atoms with Crippen LogP contribution in [0.4, 0.5) is 26.3 Å². The molecule has 4 rings (SSSR count). The molecule has 0 unspecified atom stereocenters. The molecule has 0 saturated carbocycles. The van der Waals surface area contributed by atoms with Crippen LogP contribution in [0.1, 0.15) is 11.1 Å². The first-order chi connectivity index (χ1) is 19.5. The second-order valence-corrected chi connectivity index (χ2v) is 12.5. The number of hydrogen-bond donors (Lipinski definition) is 0. The number of benzene rings is 4. The van der Waals surface area contributed by atoms with E-state index >= 15 is 0 Å². The number of nitrogens with zero attached hydrogens (tertiary/aromatic N) is 2. The third-order valence-electron chi connectivity index (χ3n) is 6.19. The number of alkyl halides is 6. The highest BCUT2D eigenvalue weighted by Gasteiger charge is 2.57. The molecule has 42 heavy (non-hydrogen) atoms. The summed E-state index contributed by atoms with van der Waals surface area (Å²) in [6.45, 7) is -2.89. The number of fused-ring (bicyclic) bond motifs is 2. The highest BCUT2D eigenvalue weighted by Crippen LogP contribution is 2.33. The second-order valence-electron chi connectivity index (χ2n) is 8.80. The van der Waals surface area contributed by atoms with Crippen LogP contribution in [0.3, 0.4) is 0 Å². The van der Waals surface area contributed by atoms with E-state index in [1.165, 1.54) is 60.7 Å². The van der Waals surface area contributed by atoms with Crippen molar-refractivity contribution in [2.75, 3.05) is 0 Å². The lowest BCUT2D eigenvalue weighted by Crippen LogP contribution is -2.53. The van der Waals surface area contributed by atoms with Gasteiger partial charge in [-0.3, -0.25) is 9.59 Å². The van der Waals surface area contributed by atoms with Crippen molar-refractivity contribution in [3.8, 4) is 0 Å². The van der Waals surface area contributed by atoms with E-state index in [4.69, 9.17) is 0 Å². The molecule has 0 radical (unpaired) electrons. The summed E-state index contributed by atoms with van der Waals surface area (Å²) in [6, 6.07) is 19.7. The number of carbonyl (C=O) groups excluding carboxylic acids is 2. The molecule has 0 atom stereocenters. The minimum atomic E-state index is -6.71. The maximum absolute atomic E-state index is 13.7. The smallest absolute Gasteiger partial charge is 0.262 e. The first kappa shape index (κ1) is 30.8. The van der Waals surface area contributed by atoms with E-state index in [0.29, 0.717) is 10.8 Å². The zero-order chi connectivity index (χ0) is 31.1. The zero-order valence-electron chi connectivity index (χ0n) is 20.9.